The standard InChI is InChI=1S/C4H8N2O3/c1-5-3-9-4(7)2-6-8/h5H,2-3H2,1H3. The Labute approximate surface area is 52.4 Å². The molecule has 0 radical (unpaired) electrons. The van der Waals surface area contributed by atoms with E-state index in [1.807, 2.05) is 0 Å². The van der Waals surface area contributed by atoms with Crippen LogP contribution in [0.4, 0.5) is 0 Å². The van der Waals surface area contributed by atoms with E-state index in [9.17, 15) is 9.70 Å². The first-order chi connectivity index (χ1) is 4.31. The topological polar surface area (TPSA) is 67.8 Å². The van der Waals surface area contributed by atoms with Crippen molar-refractivity contribution in [2.24, 2.45) is 5.18 Å². The molecule has 9 heavy (non-hydrogen) atoms. The van der Waals surface area contributed by atoms with Crippen LogP contribution in [0.1, 0.15) is 0 Å². The first-order valence-corrected chi connectivity index (χ1v) is 2.40. The number of carbonyl (C=O) groups is 1. The number of nitrogens with one attached hydrogen (secondary N) is 1. The van der Waals surface area contributed by atoms with Gasteiger partial charge >= 0.3 is 5.97 Å². The number of esters is 1. The Hall–Kier alpha value is -0.970. The lowest BCUT2D eigenvalue weighted by atomic mass is 10.7. The Morgan fingerprint density at radius 2 is 2.44 bits per heavy atom. The summed E-state index contributed by atoms with van der Waals surface area (Å²) < 4.78 is 4.39. The number of hydrogen-bond acceptors (Lipinski definition) is 5. The minimum absolute atomic E-state index is 0.119. The van der Waals surface area contributed by atoms with Gasteiger partial charge in [0.15, 0.2) is 6.54 Å². The van der Waals surface area contributed by atoms with E-state index in [2.05, 4.69) is 15.2 Å². The van der Waals surface area contributed by atoms with Crippen molar-refractivity contribution in [3.63, 3.8) is 0 Å². The van der Waals surface area contributed by atoms with Crippen molar-refractivity contribution in [1.82, 2.24) is 5.32 Å². The van der Waals surface area contributed by atoms with E-state index < -0.39 is 12.5 Å². The van der Waals surface area contributed by atoms with Crippen LogP contribution in [-0.4, -0.2) is 26.3 Å². The molecule has 0 rings (SSSR count). The van der Waals surface area contributed by atoms with Crippen molar-refractivity contribution >= 4 is 5.97 Å². The highest BCUT2D eigenvalue weighted by Gasteiger charge is 1.98. The third-order valence-corrected chi connectivity index (χ3v) is 0.571. The number of nitrogens with zero attached hydrogens (tertiary/aromatic N) is 1. The Kier molecular flexibility index (Phi) is 4.61. The summed E-state index contributed by atoms with van der Waals surface area (Å²) in [5, 5.41) is 4.91. The molecule has 0 aromatic carbocycles. The lowest BCUT2D eigenvalue weighted by Gasteiger charge is -1.97. The Bertz CT molecular complexity index is 104. The lowest BCUT2D eigenvalue weighted by Crippen LogP contribution is -2.17. The van der Waals surface area contributed by atoms with Crippen LogP contribution in [0.2, 0.25) is 0 Å². The highest BCUT2D eigenvalue weighted by molar-refractivity contribution is 5.71. The van der Waals surface area contributed by atoms with E-state index in [4.69, 9.17) is 0 Å². The zero-order valence-electron chi connectivity index (χ0n) is 5.09. The van der Waals surface area contributed by atoms with Crippen LogP contribution in [0.3, 0.4) is 0 Å². The number of carbonyl (C=O) groups excluding carboxylic acids is 1. The zero-order valence-corrected chi connectivity index (χ0v) is 5.09. The van der Waals surface area contributed by atoms with Gasteiger partial charge in [0.1, 0.15) is 6.73 Å². The fourth-order valence-electron chi connectivity index (χ4n) is 0.251. The van der Waals surface area contributed by atoms with Gasteiger partial charge in [0.2, 0.25) is 0 Å². The molecule has 52 valence electrons. The Morgan fingerprint density at radius 1 is 1.78 bits per heavy atom. The molecule has 0 heterocycles. The molecule has 0 aliphatic carbocycles. The van der Waals surface area contributed by atoms with Crippen molar-refractivity contribution < 1.29 is 9.53 Å². The molecular formula is C4H8N2O3. The smallest absolute Gasteiger partial charge is 0.332 e. The molecule has 0 atom stereocenters. The van der Waals surface area contributed by atoms with Crippen LogP contribution < -0.4 is 5.32 Å². The molecule has 0 unspecified atom stereocenters. The fraction of sp³-hybridized carbons (Fsp3) is 0.750. The monoisotopic (exact) mass is 132 g/mol. The molecule has 0 spiro atoms. The number of hydrogen-bond donors (Lipinski definition) is 1. The Balaban J connectivity index is 3.16. The maximum Gasteiger partial charge on any atom is 0.332 e. The van der Waals surface area contributed by atoms with Crippen molar-refractivity contribution in [2.75, 3.05) is 20.3 Å². The van der Waals surface area contributed by atoms with Crippen LogP contribution in [0, 0.1) is 4.91 Å². The van der Waals surface area contributed by atoms with Gasteiger partial charge in [-0.25, -0.2) is 4.79 Å². The molecule has 5 nitrogen and oxygen atoms in total. The van der Waals surface area contributed by atoms with Gasteiger partial charge in [0.05, 0.1) is 0 Å². The molecule has 0 aliphatic rings. The van der Waals surface area contributed by atoms with Crippen LogP contribution in [-0.2, 0) is 9.53 Å². The second-order valence-electron chi connectivity index (χ2n) is 1.30. The van der Waals surface area contributed by atoms with Gasteiger partial charge in [-0.05, 0) is 7.05 Å². The quantitative estimate of drug-likeness (QED) is 0.317. The van der Waals surface area contributed by atoms with Gasteiger partial charge in [-0.1, -0.05) is 5.18 Å². The molecule has 5 heteroatoms. The molecule has 0 aromatic rings. The molecule has 1 N–H and O–H groups in total. The lowest BCUT2D eigenvalue weighted by molar-refractivity contribution is -0.142. The summed E-state index contributed by atoms with van der Waals surface area (Å²) in [6, 6.07) is 0. The van der Waals surface area contributed by atoms with Crippen molar-refractivity contribution in [1.29, 1.82) is 0 Å². The predicted molar refractivity (Wildman–Crippen MR) is 30.7 cm³/mol. The molecule has 0 saturated heterocycles. The largest absolute Gasteiger partial charge is 0.448 e. The minimum Gasteiger partial charge on any atom is -0.448 e. The van der Waals surface area contributed by atoms with Crippen molar-refractivity contribution in [2.45, 2.75) is 0 Å². The third-order valence-electron chi connectivity index (χ3n) is 0.571. The minimum atomic E-state index is -0.612. The highest BCUT2D eigenvalue weighted by Crippen LogP contribution is 1.75. The second kappa shape index (κ2) is 5.17. The maximum absolute atomic E-state index is 10.2. The number of rotatable bonds is 4. The van der Waals surface area contributed by atoms with Gasteiger partial charge in [-0.15, -0.1) is 0 Å². The van der Waals surface area contributed by atoms with E-state index >= 15 is 0 Å². The van der Waals surface area contributed by atoms with Gasteiger partial charge in [0, 0.05) is 0 Å². The molecule has 0 saturated carbocycles. The Morgan fingerprint density at radius 3 is 2.89 bits per heavy atom. The summed E-state index contributed by atoms with van der Waals surface area (Å²) in [4.78, 5) is 19.7. The summed E-state index contributed by atoms with van der Waals surface area (Å²) in [5.74, 6) is -0.612. The summed E-state index contributed by atoms with van der Waals surface area (Å²) in [6.45, 7) is -0.296. The van der Waals surface area contributed by atoms with Gasteiger partial charge < -0.3 is 4.74 Å². The molecule has 0 fully saturated rings. The summed E-state index contributed by atoms with van der Waals surface area (Å²) >= 11 is 0. The SMILES string of the molecule is CNCOC(=O)CN=O. The second-order valence-corrected chi connectivity index (χ2v) is 1.30. The van der Waals surface area contributed by atoms with E-state index in [1.54, 1.807) is 7.05 Å². The van der Waals surface area contributed by atoms with Crippen molar-refractivity contribution in [3.8, 4) is 0 Å². The van der Waals surface area contributed by atoms with Gasteiger partial charge in [-0.2, -0.15) is 4.91 Å². The predicted octanol–water partition coefficient (Wildman–Crippen LogP) is -0.527. The molecule has 0 amide bonds. The maximum atomic E-state index is 10.2. The number of nitroso groups, excluding NO2 is 1. The summed E-state index contributed by atoms with van der Waals surface area (Å²) in [7, 11) is 1.63. The number of ether oxygens (including phenoxy) is 1. The van der Waals surface area contributed by atoms with Crippen molar-refractivity contribution in [3.05, 3.63) is 4.91 Å². The van der Waals surface area contributed by atoms with E-state index in [-0.39, 0.29) is 6.73 Å². The summed E-state index contributed by atoms with van der Waals surface area (Å²) in [5.41, 5.74) is 0. The molecule has 0 bridgehead atoms. The van der Waals surface area contributed by atoms with Crippen LogP contribution >= 0.6 is 0 Å². The molecule has 0 aromatic heterocycles. The van der Waals surface area contributed by atoms with Crippen LogP contribution in [0.25, 0.3) is 0 Å². The molecular weight excluding hydrogens is 124 g/mol. The fourth-order valence-corrected chi connectivity index (χ4v) is 0.251. The average Bonchev–Trinajstić information content (AvgIpc) is 1.85. The van der Waals surface area contributed by atoms with E-state index in [1.165, 1.54) is 0 Å². The normalized spacial score (nSPS) is 8.56. The van der Waals surface area contributed by atoms with Gasteiger partial charge in [-0.3, -0.25) is 5.32 Å². The van der Waals surface area contributed by atoms with E-state index in [0.29, 0.717) is 0 Å². The highest BCUT2D eigenvalue weighted by atomic mass is 16.5. The van der Waals surface area contributed by atoms with E-state index in [0.717, 1.165) is 0 Å². The summed E-state index contributed by atoms with van der Waals surface area (Å²) in [6.07, 6.45) is 0. The zero-order chi connectivity index (χ0) is 7.11. The van der Waals surface area contributed by atoms with Crippen LogP contribution in [0.5, 0.6) is 0 Å². The molecule has 0 aliphatic heterocycles. The first-order valence-electron chi connectivity index (χ1n) is 2.40. The van der Waals surface area contributed by atoms with Crippen LogP contribution in [0.15, 0.2) is 5.18 Å². The third kappa shape index (κ3) is 4.89. The van der Waals surface area contributed by atoms with Gasteiger partial charge in [0.25, 0.3) is 0 Å². The average molecular weight is 132 g/mol. The first kappa shape index (κ1) is 8.03.